The number of nitrogens with zero attached hydrogens (tertiary/aromatic N) is 6. The number of nitrogens with two attached hydrogens (primary N) is 1. The Hall–Kier alpha value is -4.08. The van der Waals surface area contributed by atoms with Gasteiger partial charge in [0.2, 0.25) is 5.91 Å². The molecule has 3 atom stereocenters. The summed E-state index contributed by atoms with van der Waals surface area (Å²) in [7, 11) is 0. The third kappa shape index (κ3) is 3.39. The Kier molecular flexibility index (Phi) is 4.91. The van der Waals surface area contributed by atoms with E-state index in [2.05, 4.69) is 20.1 Å². The van der Waals surface area contributed by atoms with E-state index in [-0.39, 0.29) is 29.7 Å². The maximum absolute atomic E-state index is 12.7. The van der Waals surface area contributed by atoms with Crippen molar-refractivity contribution in [3.8, 4) is 22.6 Å². The maximum atomic E-state index is 12.7. The van der Waals surface area contributed by atoms with Crippen molar-refractivity contribution >= 4 is 23.2 Å². The standard InChI is InChI=1S/C25H26N8O2/c1-13(34)21-22(16-9-17-4-5-18(10-16)32(17)14(2)35)31-25-19(12-30-33(25)23(21)26)15-3-6-20(29-11-15)24-27-7-8-28-24/h3,6-8,11-12,16-18H,4-5,9-10,26H2,1-2H3,(H,27,28)/t16?,17-,18+. The van der Waals surface area contributed by atoms with Crippen LogP contribution in [-0.2, 0) is 4.79 Å². The van der Waals surface area contributed by atoms with Crippen LogP contribution in [0.3, 0.4) is 0 Å². The Labute approximate surface area is 201 Å². The fraction of sp³-hybridized carbons (Fsp3) is 0.360. The topological polar surface area (TPSA) is 135 Å². The van der Waals surface area contributed by atoms with Gasteiger partial charge in [-0.3, -0.25) is 14.6 Å². The predicted octanol–water partition coefficient (Wildman–Crippen LogP) is 3.22. The molecule has 0 spiro atoms. The summed E-state index contributed by atoms with van der Waals surface area (Å²) in [5.41, 5.74) is 10.6. The second kappa shape index (κ2) is 8.00. The fourth-order valence-corrected chi connectivity index (χ4v) is 5.91. The Balaban J connectivity index is 1.44. The number of aromatic nitrogens is 6. The van der Waals surface area contributed by atoms with Gasteiger partial charge in [0.25, 0.3) is 0 Å². The Morgan fingerprint density at radius 2 is 1.86 bits per heavy atom. The molecule has 0 aromatic carbocycles. The monoisotopic (exact) mass is 470 g/mol. The van der Waals surface area contributed by atoms with E-state index < -0.39 is 0 Å². The molecule has 2 fully saturated rings. The average Bonchev–Trinajstić information content (AvgIpc) is 3.57. The summed E-state index contributed by atoms with van der Waals surface area (Å²) in [6.07, 6.45) is 10.4. The quantitative estimate of drug-likeness (QED) is 0.437. The number of aromatic amines is 1. The van der Waals surface area contributed by atoms with Crippen LogP contribution < -0.4 is 5.73 Å². The number of hydrogen-bond acceptors (Lipinski definition) is 7. The van der Waals surface area contributed by atoms with E-state index in [1.807, 2.05) is 17.0 Å². The summed E-state index contributed by atoms with van der Waals surface area (Å²) in [6.45, 7) is 3.16. The first-order valence-corrected chi connectivity index (χ1v) is 11.9. The molecular formula is C25H26N8O2. The van der Waals surface area contributed by atoms with Crippen molar-refractivity contribution in [1.29, 1.82) is 0 Å². The molecular weight excluding hydrogens is 444 g/mol. The van der Waals surface area contributed by atoms with Crippen molar-refractivity contribution in [3.05, 3.63) is 48.2 Å². The lowest BCUT2D eigenvalue weighted by Crippen LogP contribution is -2.45. The van der Waals surface area contributed by atoms with Crippen molar-refractivity contribution in [1.82, 2.24) is 34.4 Å². The molecule has 0 saturated carbocycles. The molecule has 0 aliphatic carbocycles. The number of piperidine rings is 1. The number of carbonyl (C=O) groups excluding carboxylic acids is 2. The number of anilines is 1. The molecule has 0 radical (unpaired) electrons. The molecule has 2 saturated heterocycles. The lowest BCUT2D eigenvalue weighted by molar-refractivity contribution is -0.133. The van der Waals surface area contributed by atoms with E-state index >= 15 is 0 Å². The summed E-state index contributed by atoms with van der Waals surface area (Å²) >= 11 is 0. The van der Waals surface area contributed by atoms with Gasteiger partial charge in [0, 0.05) is 54.6 Å². The van der Waals surface area contributed by atoms with Crippen molar-refractivity contribution in [2.45, 2.75) is 57.5 Å². The van der Waals surface area contributed by atoms with Gasteiger partial charge < -0.3 is 15.6 Å². The summed E-state index contributed by atoms with van der Waals surface area (Å²) < 4.78 is 1.54. The van der Waals surface area contributed by atoms with E-state index in [9.17, 15) is 9.59 Å². The highest BCUT2D eigenvalue weighted by Crippen LogP contribution is 2.44. The van der Waals surface area contributed by atoms with Gasteiger partial charge in [-0.15, -0.1) is 0 Å². The smallest absolute Gasteiger partial charge is 0.219 e. The molecule has 10 heteroatoms. The molecule has 178 valence electrons. The van der Waals surface area contributed by atoms with Crippen molar-refractivity contribution in [2.24, 2.45) is 0 Å². The number of hydrogen-bond donors (Lipinski definition) is 2. The van der Waals surface area contributed by atoms with Crippen molar-refractivity contribution < 1.29 is 9.59 Å². The molecule has 4 aromatic rings. The molecule has 6 heterocycles. The molecule has 10 nitrogen and oxygen atoms in total. The van der Waals surface area contributed by atoms with Crippen molar-refractivity contribution in [3.63, 3.8) is 0 Å². The van der Waals surface area contributed by atoms with Gasteiger partial charge in [0.1, 0.15) is 11.5 Å². The van der Waals surface area contributed by atoms with Crippen molar-refractivity contribution in [2.75, 3.05) is 5.73 Å². The Bertz CT molecular complexity index is 1430. The maximum Gasteiger partial charge on any atom is 0.219 e. The van der Waals surface area contributed by atoms with Gasteiger partial charge >= 0.3 is 0 Å². The van der Waals surface area contributed by atoms with E-state index in [0.717, 1.165) is 42.5 Å². The molecule has 1 amide bonds. The number of ketones is 1. The second-order valence-electron chi connectivity index (χ2n) is 9.46. The molecule has 1 unspecified atom stereocenters. The molecule has 2 aliphatic rings. The van der Waals surface area contributed by atoms with Crippen LogP contribution in [0.4, 0.5) is 5.82 Å². The average molecular weight is 471 g/mol. The first-order chi connectivity index (χ1) is 16.9. The number of rotatable bonds is 4. The van der Waals surface area contributed by atoms with Crippen LogP contribution in [0.2, 0.25) is 0 Å². The number of Topliss-reactive ketones (excluding diaryl/α,β-unsaturated/α-hetero) is 1. The number of H-pyrrole nitrogens is 1. The lowest BCUT2D eigenvalue weighted by atomic mass is 9.85. The Morgan fingerprint density at radius 3 is 2.46 bits per heavy atom. The van der Waals surface area contributed by atoms with Crippen LogP contribution in [0.1, 0.15) is 61.5 Å². The third-order valence-corrected chi connectivity index (χ3v) is 7.36. The SMILES string of the molecule is CC(=O)c1c(C2C[C@H]3CC[C@@H](C2)N3C(C)=O)nc2c(-c3ccc(-c4ncc[nH]4)nc3)cnn2c1N. The number of nitrogens with one attached hydrogen (secondary N) is 1. The molecule has 6 rings (SSSR count). The number of carbonyl (C=O) groups is 2. The van der Waals surface area contributed by atoms with Crippen LogP contribution in [-0.4, -0.2) is 58.2 Å². The highest BCUT2D eigenvalue weighted by Gasteiger charge is 2.44. The van der Waals surface area contributed by atoms with Gasteiger partial charge in [-0.2, -0.15) is 9.61 Å². The zero-order valence-electron chi connectivity index (χ0n) is 19.6. The molecule has 4 aromatic heterocycles. The van der Waals surface area contributed by atoms with Crippen LogP contribution in [0.5, 0.6) is 0 Å². The number of amides is 1. The highest BCUT2D eigenvalue weighted by molar-refractivity contribution is 6.00. The normalized spacial score (nSPS) is 21.5. The van der Waals surface area contributed by atoms with Crippen LogP contribution >= 0.6 is 0 Å². The molecule has 2 aliphatic heterocycles. The largest absolute Gasteiger partial charge is 0.383 e. The van der Waals surface area contributed by atoms with Crippen LogP contribution in [0.25, 0.3) is 28.3 Å². The van der Waals surface area contributed by atoms with Crippen LogP contribution in [0, 0.1) is 0 Å². The van der Waals surface area contributed by atoms with Gasteiger partial charge in [-0.1, -0.05) is 6.07 Å². The Morgan fingerprint density at radius 1 is 1.09 bits per heavy atom. The van der Waals surface area contributed by atoms with E-state index in [0.29, 0.717) is 28.5 Å². The summed E-state index contributed by atoms with van der Waals surface area (Å²) in [5.74, 6) is 1.03. The minimum absolute atomic E-state index is 0.0523. The molecule has 35 heavy (non-hydrogen) atoms. The number of fused-ring (bicyclic) bond motifs is 3. The van der Waals surface area contributed by atoms with Gasteiger partial charge in [0.15, 0.2) is 17.3 Å². The van der Waals surface area contributed by atoms with E-state index in [4.69, 9.17) is 10.7 Å². The first-order valence-electron chi connectivity index (χ1n) is 11.9. The lowest BCUT2D eigenvalue weighted by Gasteiger charge is -2.38. The van der Waals surface area contributed by atoms with E-state index in [1.54, 1.807) is 31.7 Å². The molecule has 3 N–H and O–H groups in total. The fourth-order valence-electron chi connectivity index (χ4n) is 5.91. The third-order valence-electron chi connectivity index (χ3n) is 7.36. The zero-order valence-corrected chi connectivity index (χ0v) is 19.6. The first kappa shape index (κ1) is 21.5. The summed E-state index contributed by atoms with van der Waals surface area (Å²) in [5, 5.41) is 4.45. The summed E-state index contributed by atoms with van der Waals surface area (Å²) in [6, 6.07) is 4.20. The molecule has 2 bridgehead atoms. The van der Waals surface area contributed by atoms with E-state index in [1.165, 1.54) is 11.4 Å². The number of nitrogen functional groups attached to an aromatic ring is 1. The minimum atomic E-state index is -0.130. The number of imidazole rings is 1. The summed E-state index contributed by atoms with van der Waals surface area (Å²) in [4.78, 5) is 43.7. The minimum Gasteiger partial charge on any atom is -0.383 e. The number of pyridine rings is 1. The second-order valence-corrected chi connectivity index (χ2v) is 9.46. The highest BCUT2D eigenvalue weighted by atomic mass is 16.2. The predicted molar refractivity (Wildman–Crippen MR) is 130 cm³/mol. The van der Waals surface area contributed by atoms with Crippen LogP contribution in [0.15, 0.2) is 36.9 Å². The van der Waals surface area contributed by atoms with Gasteiger partial charge in [-0.25, -0.2) is 9.97 Å². The zero-order chi connectivity index (χ0) is 24.3. The van der Waals surface area contributed by atoms with Gasteiger partial charge in [0.05, 0.1) is 17.5 Å². The van der Waals surface area contributed by atoms with Gasteiger partial charge in [-0.05, 0) is 38.7 Å².